The Labute approximate surface area is 164 Å². The second-order valence-corrected chi connectivity index (χ2v) is 8.46. The highest BCUT2D eigenvalue weighted by atomic mass is 19.1. The largest absolute Gasteiger partial charge is 0.367 e. The molecule has 0 spiro atoms. The van der Waals surface area contributed by atoms with Gasteiger partial charge in [-0.05, 0) is 24.5 Å². The van der Waals surface area contributed by atoms with Gasteiger partial charge in [-0.15, -0.1) is 0 Å². The number of anilines is 1. The summed E-state index contributed by atoms with van der Waals surface area (Å²) in [6.45, 7) is 12.0. The van der Waals surface area contributed by atoms with Gasteiger partial charge in [-0.25, -0.2) is 4.39 Å². The first-order chi connectivity index (χ1) is 13.2. The molecule has 152 valence electrons. The third-order valence-electron chi connectivity index (χ3n) is 4.97. The van der Waals surface area contributed by atoms with Gasteiger partial charge in [0.05, 0.1) is 11.2 Å². The Kier molecular flexibility index (Phi) is 5.74. The van der Waals surface area contributed by atoms with Crippen LogP contribution in [0.1, 0.15) is 38.1 Å². The Bertz CT molecular complexity index is 940. The SMILES string of the molecule is CCn1cc(C(=O)NCC(C)(C)C)c(=O)c2cc(F)c(N3CCNCC3)cc21. The highest BCUT2D eigenvalue weighted by Crippen LogP contribution is 2.25. The van der Waals surface area contributed by atoms with Crippen LogP contribution in [0.5, 0.6) is 0 Å². The lowest BCUT2D eigenvalue weighted by molar-refractivity contribution is 0.0937. The third-order valence-corrected chi connectivity index (χ3v) is 4.97. The minimum absolute atomic E-state index is 0.0490. The average molecular weight is 388 g/mol. The van der Waals surface area contributed by atoms with E-state index in [0.717, 1.165) is 13.1 Å². The Hall–Kier alpha value is -2.41. The zero-order valence-corrected chi connectivity index (χ0v) is 17.1. The van der Waals surface area contributed by atoms with E-state index in [1.807, 2.05) is 37.2 Å². The van der Waals surface area contributed by atoms with Gasteiger partial charge >= 0.3 is 0 Å². The maximum Gasteiger partial charge on any atom is 0.256 e. The van der Waals surface area contributed by atoms with Crippen LogP contribution >= 0.6 is 0 Å². The van der Waals surface area contributed by atoms with Gasteiger partial charge < -0.3 is 20.1 Å². The van der Waals surface area contributed by atoms with Gasteiger partial charge in [-0.2, -0.15) is 0 Å². The lowest BCUT2D eigenvalue weighted by Gasteiger charge is -2.30. The van der Waals surface area contributed by atoms with E-state index in [-0.39, 0.29) is 16.4 Å². The van der Waals surface area contributed by atoms with Gasteiger partial charge in [0.2, 0.25) is 5.43 Å². The van der Waals surface area contributed by atoms with Crippen molar-refractivity contribution in [3.8, 4) is 0 Å². The Balaban J connectivity index is 2.06. The van der Waals surface area contributed by atoms with E-state index in [1.165, 1.54) is 6.07 Å². The van der Waals surface area contributed by atoms with E-state index >= 15 is 0 Å². The molecule has 1 aromatic carbocycles. The van der Waals surface area contributed by atoms with E-state index < -0.39 is 17.2 Å². The molecule has 0 atom stereocenters. The van der Waals surface area contributed by atoms with E-state index in [1.54, 1.807) is 12.3 Å². The predicted octanol–water partition coefficient (Wildman–Crippen LogP) is 2.35. The molecule has 6 nitrogen and oxygen atoms in total. The maximum atomic E-state index is 14.8. The number of amides is 1. The number of nitrogens with one attached hydrogen (secondary N) is 2. The first-order valence-corrected chi connectivity index (χ1v) is 9.82. The van der Waals surface area contributed by atoms with E-state index in [0.29, 0.717) is 37.4 Å². The van der Waals surface area contributed by atoms with Gasteiger partial charge in [-0.1, -0.05) is 20.8 Å². The van der Waals surface area contributed by atoms with Gasteiger partial charge in [-0.3, -0.25) is 9.59 Å². The van der Waals surface area contributed by atoms with Crippen LogP contribution < -0.4 is 21.0 Å². The Morgan fingerprint density at radius 1 is 1.25 bits per heavy atom. The lowest BCUT2D eigenvalue weighted by atomic mass is 9.97. The molecule has 0 saturated carbocycles. The molecule has 0 unspecified atom stereocenters. The zero-order chi connectivity index (χ0) is 20.5. The van der Waals surface area contributed by atoms with Crippen molar-refractivity contribution in [1.29, 1.82) is 0 Å². The average Bonchev–Trinajstić information content (AvgIpc) is 2.66. The molecule has 7 heteroatoms. The highest BCUT2D eigenvalue weighted by molar-refractivity contribution is 5.97. The summed E-state index contributed by atoms with van der Waals surface area (Å²) in [5.74, 6) is -0.850. The molecule has 0 bridgehead atoms. The molecule has 0 aliphatic carbocycles. The first-order valence-electron chi connectivity index (χ1n) is 9.82. The van der Waals surface area contributed by atoms with Crippen molar-refractivity contribution in [3.63, 3.8) is 0 Å². The smallest absolute Gasteiger partial charge is 0.256 e. The van der Waals surface area contributed by atoms with Crippen molar-refractivity contribution in [3.05, 3.63) is 39.9 Å². The normalized spacial score (nSPS) is 15.1. The second-order valence-electron chi connectivity index (χ2n) is 8.46. The fraction of sp³-hybridized carbons (Fsp3) is 0.524. The van der Waals surface area contributed by atoms with Crippen LogP contribution in [-0.2, 0) is 6.54 Å². The summed E-state index contributed by atoms with van der Waals surface area (Å²) < 4.78 is 16.7. The molecule has 2 N–H and O–H groups in total. The number of carbonyl (C=O) groups is 1. The summed E-state index contributed by atoms with van der Waals surface area (Å²) in [6, 6.07) is 3.01. The van der Waals surface area contributed by atoms with Gasteiger partial charge in [0.25, 0.3) is 5.91 Å². The monoisotopic (exact) mass is 388 g/mol. The number of hydrogen-bond donors (Lipinski definition) is 2. The number of hydrogen-bond acceptors (Lipinski definition) is 4. The van der Waals surface area contributed by atoms with Crippen LogP contribution in [0.3, 0.4) is 0 Å². The molecule has 28 heavy (non-hydrogen) atoms. The fourth-order valence-electron chi connectivity index (χ4n) is 3.41. The van der Waals surface area contributed by atoms with Gasteiger partial charge in [0.1, 0.15) is 11.4 Å². The van der Waals surface area contributed by atoms with E-state index in [9.17, 15) is 14.0 Å². The van der Waals surface area contributed by atoms with Crippen LogP contribution in [0, 0.1) is 11.2 Å². The fourth-order valence-corrected chi connectivity index (χ4v) is 3.41. The minimum Gasteiger partial charge on any atom is -0.367 e. The first kappa shape index (κ1) is 20.3. The minimum atomic E-state index is -0.433. The van der Waals surface area contributed by atoms with Crippen molar-refractivity contribution in [2.24, 2.45) is 5.41 Å². The summed E-state index contributed by atoms with van der Waals surface area (Å²) in [5.41, 5.74) is 0.667. The second kappa shape index (κ2) is 7.91. The van der Waals surface area contributed by atoms with Crippen LogP contribution in [0.2, 0.25) is 0 Å². The summed E-state index contributed by atoms with van der Waals surface area (Å²) in [6.07, 6.45) is 1.59. The number of piperazine rings is 1. The number of aryl methyl sites for hydroxylation is 1. The predicted molar refractivity (Wildman–Crippen MR) is 111 cm³/mol. The molecular weight excluding hydrogens is 359 g/mol. The summed E-state index contributed by atoms with van der Waals surface area (Å²) >= 11 is 0. The van der Waals surface area contributed by atoms with Crippen molar-refractivity contribution >= 4 is 22.5 Å². The molecule has 1 fully saturated rings. The highest BCUT2D eigenvalue weighted by Gasteiger charge is 2.21. The number of nitrogens with zero attached hydrogens (tertiary/aromatic N) is 2. The van der Waals surface area contributed by atoms with Crippen LogP contribution in [-0.4, -0.2) is 43.2 Å². The van der Waals surface area contributed by atoms with Crippen molar-refractivity contribution < 1.29 is 9.18 Å². The van der Waals surface area contributed by atoms with E-state index in [2.05, 4.69) is 10.6 Å². The van der Waals surface area contributed by atoms with E-state index in [4.69, 9.17) is 0 Å². The van der Waals surface area contributed by atoms with Crippen LogP contribution in [0.4, 0.5) is 10.1 Å². The van der Waals surface area contributed by atoms with Crippen molar-refractivity contribution in [2.45, 2.75) is 34.2 Å². The van der Waals surface area contributed by atoms with Gasteiger partial charge in [0, 0.05) is 50.9 Å². The zero-order valence-electron chi connectivity index (χ0n) is 17.1. The summed E-state index contributed by atoms with van der Waals surface area (Å²) in [5, 5.41) is 6.30. The molecule has 1 amide bonds. The molecule has 1 saturated heterocycles. The standard InChI is InChI=1S/C21H29FN4O2/c1-5-25-12-15(20(28)24-13-21(2,3)4)19(27)14-10-16(22)18(11-17(14)25)26-8-6-23-7-9-26/h10-12,23H,5-9,13H2,1-4H3,(H,24,28). The van der Waals surface area contributed by atoms with Gasteiger partial charge in [0.15, 0.2) is 0 Å². The van der Waals surface area contributed by atoms with Crippen LogP contribution in [0.15, 0.2) is 23.1 Å². The number of aromatic nitrogens is 1. The summed E-state index contributed by atoms with van der Waals surface area (Å²) in [4.78, 5) is 27.5. The van der Waals surface area contributed by atoms with Crippen LogP contribution in [0.25, 0.3) is 10.9 Å². The molecule has 3 rings (SSSR count). The Morgan fingerprint density at radius 3 is 2.54 bits per heavy atom. The molecule has 0 radical (unpaired) electrons. The topological polar surface area (TPSA) is 66.4 Å². The van der Waals surface area contributed by atoms with Crippen molar-refractivity contribution in [2.75, 3.05) is 37.6 Å². The third kappa shape index (κ3) is 4.19. The number of benzene rings is 1. The quantitative estimate of drug-likeness (QED) is 0.844. The summed E-state index contributed by atoms with van der Waals surface area (Å²) in [7, 11) is 0. The molecule has 2 heterocycles. The molecular formula is C21H29FN4O2. The van der Waals surface area contributed by atoms with Crippen molar-refractivity contribution in [1.82, 2.24) is 15.2 Å². The lowest BCUT2D eigenvalue weighted by Crippen LogP contribution is -2.44. The molecule has 2 aromatic rings. The number of halogens is 1. The number of pyridine rings is 1. The maximum absolute atomic E-state index is 14.8. The number of fused-ring (bicyclic) bond motifs is 1. The molecule has 1 aliphatic heterocycles. The molecule has 1 aliphatic rings. The molecule has 1 aromatic heterocycles. The Morgan fingerprint density at radius 2 is 1.93 bits per heavy atom. The number of rotatable bonds is 4. The number of carbonyl (C=O) groups excluding carboxylic acids is 1.